The summed E-state index contributed by atoms with van der Waals surface area (Å²) in [5, 5.41) is 8.13. The summed E-state index contributed by atoms with van der Waals surface area (Å²) in [4.78, 5) is 17.2. The van der Waals surface area contributed by atoms with E-state index in [2.05, 4.69) is 22.0 Å². The highest BCUT2D eigenvalue weighted by atomic mass is 16.5. The summed E-state index contributed by atoms with van der Waals surface area (Å²) < 4.78 is 5.80. The van der Waals surface area contributed by atoms with Gasteiger partial charge in [-0.05, 0) is 37.8 Å². The Hall–Kier alpha value is -1.69. The van der Waals surface area contributed by atoms with Crippen LogP contribution in [0.5, 0.6) is 0 Å². The van der Waals surface area contributed by atoms with E-state index in [1.165, 1.54) is 0 Å². The van der Waals surface area contributed by atoms with Gasteiger partial charge in [-0.3, -0.25) is 4.79 Å². The molecule has 0 bridgehead atoms. The van der Waals surface area contributed by atoms with Crippen LogP contribution >= 0.6 is 0 Å². The van der Waals surface area contributed by atoms with Gasteiger partial charge >= 0.3 is 0 Å². The fourth-order valence-corrected chi connectivity index (χ4v) is 3.59. The van der Waals surface area contributed by atoms with Crippen LogP contribution in [-0.4, -0.2) is 59.9 Å². The van der Waals surface area contributed by atoms with Gasteiger partial charge in [0.05, 0.1) is 12.0 Å². The first-order chi connectivity index (χ1) is 11.3. The van der Waals surface area contributed by atoms with Crippen molar-refractivity contribution >= 4 is 11.7 Å². The second-order valence-electron chi connectivity index (χ2n) is 6.31. The van der Waals surface area contributed by atoms with Crippen LogP contribution in [0, 0.1) is 5.92 Å². The SMILES string of the molecule is CC[C@@H]1OCCC[C@H]1C(=O)N1CCCN(c2cccnn2)CC1. The predicted molar refractivity (Wildman–Crippen MR) is 88.2 cm³/mol. The van der Waals surface area contributed by atoms with Gasteiger partial charge in [0.2, 0.25) is 5.91 Å². The number of rotatable bonds is 3. The van der Waals surface area contributed by atoms with E-state index in [0.29, 0.717) is 0 Å². The Morgan fingerprint density at radius 1 is 1.30 bits per heavy atom. The molecule has 1 amide bonds. The second kappa shape index (κ2) is 7.73. The highest BCUT2D eigenvalue weighted by molar-refractivity contribution is 5.79. The van der Waals surface area contributed by atoms with E-state index in [0.717, 1.165) is 64.3 Å². The standard InChI is InChI=1S/C17H26N4O2/c1-2-15-14(6-4-13-23-15)17(22)21-10-5-9-20(11-12-21)16-7-3-8-18-19-16/h3,7-8,14-15H,2,4-6,9-13H2,1H3/t14-,15+/m1/s1. The molecule has 3 rings (SSSR count). The van der Waals surface area contributed by atoms with E-state index in [4.69, 9.17) is 4.74 Å². The van der Waals surface area contributed by atoms with Gasteiger partial charge in [-0.15, -0.1) is 5.10 Å². The van der Waals surface area contributed by atoms with E-state index < -0.39 is 0 Å². The van der Waals surface area contributed by atoms with Crippen LogP contribution in [0.15, 0.2) is 18.3 Å². The zero-order valence-corrected chi connectivity index (χ0v) is 13.9. The van der Waals surface area contributed by atoms with Crippen molar-refractivity contribution in [1.82, 2.24) is 15.1 Å². The van der Waals surface area contributed by atoms with Gasteiger partial charge in [0.15, 0.2) is 5.82 Å². The van der Waals surface area contributed by atoms with Gasteiger partial charge in [0.1, 0.15) is 0 Å². The molecule has 2 aliphatic heterocycles. The first kappa shape index (κ1) is 16.2. The molecule has 0 aliphatic carbocycles. The second-order valence-corrected chi connectivity index (χ2v) is 6.31. The number of amides is 1. The van der Waals surface area contributed by atoms with E-state index >= 15 is 0 Å². The van der Waals surface area contributed by atoms with Crippen LogP contribution in [0.1, 0.15) is 32.6 Å². The number of carbonyl (C=O) groups excluding carboxylic acids is 1. The highest BCUT2D eigenvalue weighted by Crippen LogP contribution is 2.26. The van der Waals surface area contributed by atoms with Crippen molar-refractivity contribution in [1.29, 1.82) is 0 Å². The number of ether oxygens (including phenoxy) is 1. The van der Waals surface area contributed by atoms with Crippen LogP contribution < -0.4 is 4.90 Å². The number of anilines is 1. The van der Waals surface area contributed by atoms with Gasteiger partial charge in [-0.25, -0.2) is 0 Å². The quantitative estimate of drug-likeness (QED) is 0.849. The molecule has 6 heteroatoms. The molecule has 1 aromatic rings. The zero-order valence-electron chi connectivity index (χ0n) is 13.9. The summed E-state index contributed by atoms with van der Waals surface area (Å²) in [6, 6.07) is 3.88. The lowest BCUT2D eigenvalue weighted by molar-refractivity contribution is -0.145. The van der Waals surface area contributed by atoms with E-state index in [9.17, 15) is 4.79 Å². The highest BCUT2D eigenvalue weighted by Gasteiger charge is 2.34. The Morgan fingerprint density at radius 3 is 3.00 bits per heavy atom. The molecule has 2 saturated heterocycles. The summed E-state index contributed by atoms with van der Waals surface area (Å²) in [5.74, 6) is 1.21. The Labute approximate surface area is 137 Å². The van der Waals surface area contributed by atoms with Crippen LogP contribution in [0.2, 0.25) is 0 Å². The normalized spacial score (nSPS) is 26.0. The number of aromatic nitrogens is 2. The van der Waals surface area contributed by atoms with Gasteiger partial charge in [-0.1, -0.05) is 6.92 Å². The Balaban J connectivity index is 1.62. The summed E-state index contributed by atoms with van der Waals surface area (Å²) >= 11 is 0. The van der Waals surface area contributed by atoms with Crippen LogP contribution in [0.4, 0.5) is 5.82 Å². The maximum Gasteiger partial charge on any atom is 0.228 e. The number of carbonyl (C=O) groups is 1. The van der Waals surface area contributed by atoms with Crippen molar-refractivity contribution in [2.45, 2.75) is 38.7 Å². The van der Waals surface area contributed by atoms with Crippen molar-refractivity contribution in [2.75, 3.05) is 37.7 Å². The van der Waals surface area contributed by atoms with Gasteiger partial charge in [-0.2, -0.15) is 5.10 Å². The minimum Gasteiger partial charge on any atom is -0.377 e. The third-order valence-corrected chi connectivity index (χ3v) is 4.85. The zero-order chi connectivity index (χ0) is 16.1. The Bertz CT molecular complexity index is 511. The van der Waals surface area contributed by atoms with Crippen molar-refractivity contribution in [3.05, 3.63) is 18.3 Å². The average molecular weight is 318 g/mol. The topological polar surface area (TPSA) is 58.6 Å². The van der Waals surface area contributed by atoms with Crippen molar-refractivity contribution < 1.29 is 9.53 Å². The fourth-order valence-electron chi connectivity index (χ4n) is 3.59. The van der Waals surface area contributed by atoms with Crippen LogP contribution in [-0.2, 0) is 9.53 Å². The lowest BCUT2D eigenvalue weighted by Crippen LogP contribution is -2.45. The first-order valence-corrected chi connectivity index (χ1v) is 8.72. The lowest BCUT2D eigenvalue weighted by Gasteiger charge is -2.34. The molecule has 3 heterocycles. The van der Waals surface area contributed by atoms with Crippen LogP contribution in [0.25, 0.3) is 0 Å². The molecule has 23 heavy (non-hydrogen) atoms. The van der Waals surface area contributed by atoms with Gasteiger partial charge in [0, 0.05) is 39.0 Å². The molecule has 0 aromatic carbocycles. The van der Waals surface area contributed by atoms with Gasteiger partial charge < -0.3 is 14.5 Å². The molecular formula is C17H26N4O2. The van der Waals surface area contributed by atoms with Crippen molar-refractivity contribution in [3.63, 3.8) is 0 Å². The summed E-state index contributed by atoms with van der Waals surface area (Å²) in [6.07, 6.45) is 5.61. The third-order valence-electron chi connectivity index (χ3n) is 4.85. The average Bonchev–Trinajstić information content (AvgIpc) is 2.88. The van der Waals surface area contributed by atoms with Crippen molar-refractivity contribution in [2.24, 2.45) is 5.92 Å². The van der Waals surface area contributed by atoms with Crippen LogP contribution in [0.3, 0.4) is 0 Å². The number of hydrogen-bond acceptors (Lipinski definition) is 5. The number of nitrogens with zero attached hydrogens (tertiary/aromatic N) is 4. The molecule has 0 unspecified atom stereocenters. The molecular weight excluding hydrogens is 292 g/mol. The number of hydrogen-bond donors (Lipinski definition) is 0. The smallest absolute Gasteiger partial charge is 0.228 e. The molecule has 6 nitrogen and oxygen atoms in total. The summed E-state index contributed by atoms with van der Waals surface area (Å²) in [5.41, 5.74) is 0. The first-order valence-electron chi connectivity index (χ1n) is 8.72. The Kier molecular flexibility index (Phi) is 5.43. The van der Waals surface area contributed by atoms with Gasteiger partial charge in [0.25, 0.3) is 0 Å². The summed E-state index contributed by atoms with van der Waals surface area (Å²) in [7, 11) is 0. The minimum absolute atomic E-state index is 0.0387. The third kappa shape index (κ3) is 3.80. The predicted octanol–water partition coefficient (Wildman–Crippen LogP) is 1.72. The molecule has 2 atom stereocenters. The monoisotopic (exact) mass is 318 g/mol. The molecule has 2 fully saturated rings. The lowest BCUT2D eigenvalue weighted by atomic mass is 9.91. The maximum atomic E-state index is 12.9. The molecule has 2 aliphatic rings. The molecule has 126 valence electrons. The summed E-state index contributed by atoms with van der Waals surface area (Å²) in [6.45, 7) is 6.21. The van der Waals surface area contributed by atoms with E-state index in [-0.39, 0.29) is 17.9 Å². The molecule has 0 radical (unpaired) electrons. The van der Waals surface area contributed by atoms with Crippen molar-refractivity contribution in [3.8, 4) is 0 Å². The Morgan fingerprint density at radius 2 is 2.22 bits per heavy atom. The fraction of sp³-hybridized carbons (Fsp3) is 0.706. The molecule has 1 aromatic heterocycles. The molecule has 0 saturated carbocycles. The largest absolute Gasteiger partial charge is 0.377 e. The molecule has 0 N–H and O–H groups in total. The molecule has 0 spiro atoms. The maximum absolute atomic E-state index is 12.9. The van der Waals surface area contributed by atoms with E-state index in [1.54, 1.807) is 6.20 Å². The van der Waals surface area contributed by atoms with E-state index in [1.807, 2.05) is 17.0 Å². The minimum atomic E-state index is 0.0387.